The molecule has 0 fully saturated rings. The number of primary amides is 1. The third-order valence-electron chi connectivity index (χ3n) is 5.89. The summed E-state index contributed by atoms with van der Waals surface area (Å²) in [4.78, 5) is 76.7. The zero-order valence-corrected chi connectivity index (χ0v) is 22.8. The monoisotopic (exact) mass is 594 g/mol. The van der Waals surface area contributed by atoms with Crippen LogP contribution < -0.4 is 38.9 Å². The summed E-state index contributed by atoms with van der Waals surface area (Å²) in [6.07, 6.45) is -1.21. The Kier molecular flexibility index (Phi) is 14.8. The Balaban J connectivity index is 3.09. The van der Waals surface area contributed by atoms with Gasteiger partial charge in [-0.25, -0.2) is 4.79 Å². The Morgan fingerprint density at radius 1 is 0.762 bits per heavy atom. The normalized spacial score (nSPS) is 13.5. The minimum atomic E-state index is -1.49. The molecule has 0 aliphatic carbocycles. The van der Waals surface area contributed by atoms with Crippen molar-refractivity contribution in [2.75, 3.05) is 6.54 Å². The average molecular weight is 595 g/mol. The molecular formula is C25H38N8O9. The number of nitrogens with one attached hydrogen (secondary N) is 3. The Bertz CT molecular complexity index is 1140. The van der Waals surface area contributed by atoms with Gasteiger partial charge < -0.3 is 54.2 Å². The smallest absolute Gasteiger partial charge is 0.326 e. The number of carbonyl (C=O) groups excluding carboxylic acids is 4. The first kappa shape index (κ1) is 35.1. The number of guanidine groups is 1. The van der Waals surface area contributed by atoms with E-state index in [1.165, 1.54) is 24.3 Å². The van der Waals surface area contributed by atoms with Crippen molar-refractivity contribution in [3.63, 3.8) is 0 Å². The van der Waals surface area contributed by atoms with Crippen molar-refractivity contribution < 1.29 is 44.1 Å². The molecule has 1 rings (SSSR count). The van der Waals surface area contributed by atoms with Gasteiger partial charge in [-0.05, 0) is 43.4 Å². The number of aliphatic carboxylic acids is 2. The van der Waals surface area contributed by atoms with Crippen molar-refractivity contribution in [2.24, 2.45) is 27.9 Å². The number of aromatic hydroxyl groups is 1. The zero-order valence-electron chi connectivity index (χ0n) is 22.8. The number of aliphatic imine (C=N–C) groups is 1. The number of carbonyl (C=O) groups is 6. The lowest BCUT2D eigenvalue weighted by molar-refractivity contribution is -0.143. The highest BCUT2D eigenvalue weighted by atomic mass is 16.4. The average Bonchev–Trinajstić information content (AvgIpc) is 2.91. The molecule has 0 bridgehead atoms. The maximum Gasteiger partial charge on any atom is 0.326 e. The van der Waals surface area contributed by atoms with Gasteiger partial charge in [-0.15, -0.1) is 0 Å². The summed E-state index contributed by atoms with van der Waals surface area (Å²) >= 11 is 0. The number of nitrogens with zero attached hydrogens (tertiary/aromatic N) is 1. The molecule has 0 saturated heterocycles. The molecule has 17 nitrogen and oxygen atoms in total. The van der Waals surface area contributed by atoms with E-state index in [9.17, 15) is 39.0 Å². The maximum atomic E-state index is 13.2. The third-order valence-corrected chi connectivity index (χ3v) is 5.89. The van der Waals surface area contributed by atoms with Crippen LogP contribution >= 0.6 is 0 Å². The molecule has 0 aliphatic heterocycles. The Labute approximate surface area is 241 Å². The van der Waals surface area contributed by atoms with E-state index in [1.54, 1.807) is 0 Å². The van der Waals surface area contributed by atoms with Gasteiger partial charge in [-0.1, -0.05) is 12.1 Å². The molecule has 17 heteroatoms. The van der Waals surface area contributed by atoms with E-state index in [0.29, 0.717) is 5.56 Å². The number of carboxylic acid groups (broad SMARTS) is 2. The predicted octanol–water partition coefficient (Wildman–Crippen LogP) is -3.02. The molecule has 4 unspecified atom stereocenters. The van der Waals surface area contributed by atoms with Crippen molar-refractivity contribution in [1.82, 2.24) is 16.0 Å². The maximum absolute atomic E-state index is 13.2. The van der Waals surface area contributed by atoms with E-state index >= 15 is 0 Å². The van der Waals surface area contributed by atoms with Gasteiger partial charge in [0.25, 0.3) is 0 Å². The number of hydrogen-bond donors (Lipinski definition) is 10. The molecule has 0 saturated carbocycles. The van der Waals surface area contributed by atoms with Crippen LogP contribution in [0.25, 0.3) is 0 Å². The molecule has 4 atom stereocenters. The number of phenols is 1. The van der Waals surface area contributed by atoms with Crippen LogP contribution in [0.15, 0.2) is 29.3 Å². The van der Waals surface area contributed by atoms with Crippen LogP contribution in [-0.2, 0) is 35.2 Å². The van der Waals surface area contributed by atoms with E-state index in [2.05, 4.69) is 20.9 Å². The molecule has 4 amide bonds. The predicted molar refractivity (Wildman–Crippen MR) is 148 cm³/mol. The first-order valence-electron chi connectivity index (χ1n) is 12.9. The number of phenolic OH excluding ortho intramolecular Hbond substituents is 1. The molecule has 42 heavy (non-hydrogen) atoms. The third kappa shape index (κ3) is 13.9. The largest absolute Gasteiger partial charge is 0.508 e. The summed E-state index contributed by atoms with van der Waals surface area (Å²) in [5.41, 5.74) is 21.9. The van der Waals surface area contributed by atoms with Crippen LogP contribution in [0.4, 0.5) is 0 Å². The molecule has 232 valence electrons. The summed E-state index contributed by atoms with van der Waals surface area (Å²) in [6, 6.07) is 0.197. The first-order chi connectivity index (χ1) is 19.7. The number of amides is 4. The Hall–Kier alpha value is -4.93. The van der Waals surface area contributed by atoms with Crippen molar-refractivity contribution in [2.45, 2.75) is 69.1 Å². The number of rotatable bonds is 19. The van der Waals surface area contributed by atoms with Gasteiger partial charge in [0.2, 0.25) is 23.6 Å². The van der Waals surface area contributed by atoms with Gasteiger partial charge >= 0.3 is 11.9 Å². The van der Waals surface area contributed by atoms with Crippen LogP contribution in [0, 0.1) is 0 Å². The number of hydrogen-bond acceptors (Lipinski definition) is 9. The van der Waals surface area contributed by atoms with Crippen LogP contribution in [0.3, 0.4) is 0 Å². The summed E-state index contributed by atoms with van der Waals surface area (Å²) in [5.74, 6) is -6.23. The molecule has 0 aromatic heterocycles. The van der Waals surface area contributed by atoms with E-state index in [0.717, 1.165) is 0 Å². The van der Waals surface area contributed by atoms with Crippen LogP contribution in [-0.4, -0.2) is 87.6 Å². The molecule has 0 heterocycles. The number of nitrogens with two attached hydrogens (primary N) is 4. The fourth-order valence-electron chi connectivity index (χ4n) is 3.63. The molecule has 1 aromatic carbocycles. The second kappa shape index (κ2) is 17.7. The molecule has 0 spiro atoms. The quantitative estimate of drug-likeness (QED) is 0.0435. The molecular weight excluding hydrogens is 556 g/mol. The first-order valence-corrected chi connectivity index (χ1v) is 12.9. The lowest BCUT2D eigenvalue weighted by atomic mass is 10.0. The van der Waals surface area contributed by atoms with Gasteiger partial charge in [-0.3, -0.25) is 29.0 Å². The fraction of sp³-hybridized carbons (Fsp3) is 0.480. The van der Waals surface area contributed by atoms with Crippen LogP contribution in [0.5, 0.6) is 5.75 Å². The van der Waals surface area contributed by atoms with Crippen molar-refractivity contribution >= 4 is 41.5 Å². The second-order valence-electron chi connectivity index (χ2n) is 9.39. The van der Waals surface area contributed by atoms with E-state index in [1.807, 2.05) is 0 Å². The lowest BCUT2D eigenvalue weighted by Gasteiger charge is -2.25. The van der Waals surface area contributed by atoms with E-state index in [4.69, 9.17) is 28.0 Å². The van der Waals surface area contributed by atoms with Gasteiger partial charge in [0.1, 0.15) is 23.9 Å². The highest BCUT2D eigenvalue weighted by Gasteiger charge is 2.30. The van der Waals surface area contributed by atoms with Gasteiger partial charge in [-0.2, -0.15) is 0 Å². The van der Waals surface area contributed by atoms with Crippen LogP contribution in [0.2, 0.25) is 0 Å². The second-order valence-corrected chi connectivity index (χ2v) is 9.39. The minimum absolute atomic E-state index is 0.0250. The molecule has 14 N–H and O–H groups in total. The minimum Gasteiger partial charge on any atom is -0.508 e. The van der Waals surface area contributed by atoms with Gasteiger partial charge in [0.05, 0.1) is 6.04 Å². The topological polar surface area (TPSA) is 316 Å². The van der Waals surface area contributed by atoms with Crippen molar-refractivity contribution in [1.29, 1.82) is 0 Å². The summed E-state index contributed by atoms with van der Waals surface area (Å²) in [7, 11) is 0. The number of carboxylic acids is 2. The summed E-state index contributed by atoms with van der Waals surface area (Å²) < 4.78 is 0. The molecule has 0 radical (unpaired) electrons. The van der Waals surface area contributed by atoms with E-state index < -0.39 is 72.6 Å². The molecule has 1 aromatic rings. The Morgan fingerprint density at radius 2 is 1.31 bits per heavy atom. The lowest BCUT2D eigenvalue weighted by Crippen LogP contribution is -2.57. The molecule has 0 aliphatic rings. The van der Waals surface area contributed by atoms with Crippen molar-refractivity contribution in [3.05, 3.63) is 29.8 Å². The number of benzene rings is 1. The van der Waals surface area contributed by atoms with Crippen molar-refractivity contribution in [3.8, 4) is 5.75 Å². The Morgan fingerprint density at radius 3 is 1.83 bits per heavy atom. The summed E-state index contributed by atoms with van der Waals surface area (Å²) in [5, 5.41) is 35.3. The fourth-order valence-corrected chi connectivity index (χ4v) is 3.63. The highest BCUT2D eigenvalue weighted by molar-refractivity contribution is 5.94. The van der Waals surface area contributed by atoms with Gasteiger partial charge in [0.15, 0.2) is 5.96 Å². The highest BCUT2D eigenvalue weighted by Crippen LogP contribution is 2.12. The SMILES string of the molecule is NC(=O)CCC(N)C(=O)NC(CCCN=C(N)N)C(=O)NC(CCC(=O)O)C(=O)NC(Cc1ccc(O)cc1)C(=O)O. The van der Waals surface area contributed by atoms with Crippen LogP contribution in [0.1, 0.15) is 44.1 Å². The van der Waals surface area contributed by atoms with E-state index in [-0.39, 0.29) is 50.4 Å². The van der Waals surface area contributed by atoms with Gasteiger partial charge in [0, 0.05) is 25.8 Å². The zero-order chi connectivity index (χ0) is 31.8. The summed E-state index contributed by atoms with van der Waals surface area (Å²) in [6.45, 7) is 0.0934. The standard InChI is InChI=1S/C25H38N8O9/c26-15(7-9-19(27)35)21(38)31-16(2-1-11-30-25(28)29)22(39)32-17(8-10-20(36)37)23(40)33-18(24(41)42)12-13-3-5-14(34)6-4-13/h3-6,15-18,34H,1-2,7-12,26H2,(H2,27,35)(H,31,38)(H,32,39)(H,33,40)(H,36,37)(H,41,42)(H4,28,29,30).